The Morgan fingerprint density at radius 3 is 2.71 bits per heavy atom. The molecule has 1 aromatic heterocycles. The maximum atomic E-state index is 13.2. The molecule has 2 aromatic carbocycles. The normalized spacial score (nSPS) is 10.5. The fourth-order valence-electron chi connectivity index (χ4n) is 2.07. The van der Waals surface area contributed by atoms with E-state index >= 15 is 0 Å². The van der Waals surface area contributed by atoms with Crippen molar-refractivity contribution in [2.24, 2.45) is 0 Å². The molecule has 3 N–H and O–H groups in total. The van der Waals surface area contributed by atoms with E-state index in [4.69, 9.17) is 5.73 Å². The number of carbonyl (C=O) groups is 1. The van der Waals surface area contributed by atoms with Gasteiger partial charge < -0.3 is 11.1 Å². The first-order valence-electron chi connectivity index (χ1n) is 6.35. The van der Waals surface area contributed by atoms with Gasteiger partial charge in [0.1, 0.15) is 11.5 Å². The zero-order valence-electron chi connectivity index (χ0n) is 11.0. The number of hydrogen-bond donors (Lipinski definition) is 2. The topological polar surface area (TPSA) is 68.0 Å². The molecule has 0 radical (unpaired) electrons. The lowest BCUT2D eigenvalue weighted by molar-refractivity contribution is 0.102. The molecule has 0 saturated carbocycles. The highest BCUT2D eigenvalue weighted by atomic mass is 19.1. The van der Waals surface area contributed by atoms with Crippen molar-refractivity contribution in [1.82, 2.24) is 4.98 Å². The predicted molar refractivity (Wildman–Crippen MR) is 80.5 cm³/mol. The highest BCUT2D eigenvalue weighted by Crippen LogP contribution is 2.17. The van der Waals surface area contributed by atoms with E-state index in [0.717, 1.165) is 10.9 Å². The first kappa shape index (κ1) is 13.1. The maximum Gasteiger partial charge on any atom is 0.274 e. The number of pyridine rings is 1. The summed E-state index contributed by atoms with van der Waals surface area (Å²) in [7, 11) is 0. The Labute approximate surface area is 120 Å². The first-order valence-corrected chi connectivity index (χ1v) is 6.35. The summed E-state index contributed by atoms with van der Waals surface area (Å²) in [6.45, 7) is 0. The number of anilines is 2. The number of aromatic nitrogens is 1. The highest BCUT2D eigenvalue weighted by molar-refractivity contribution is 6.04. The Hall–Kier alpha value is -2.95. The van der Waals surface area contributed by atoms with Crippen LogP contribution in [0.3, 0.4) is 0 Å². The largest absolute Gasteiger partial charge is 0.399 e. The summed E-state index contributed by atoms with van der Waals surface area (Å²) in [6.07, 6.45) is 0. The van der Waals surface area contributed by atoms with Gasteiger partial charge in [0.05, 0.1) is 5.52 Å². The second-order valence-electron chi connectivity index (χ2n) is 4.62. The smallest absolute Gasteiger partial charge is 0.274 e. The molecule has 0 fully saturated rings. The summed E-state index contributed by atoms with van der Waals surface area (Å²) in [4.78, 5) is 16.4. The van der Waals surface area contributed by atoms with E-state index in [2.05, 4.69) is 10.3 Å². The lowest BCUT2D eigenvalue weighted by Crippen LogP contribution is -2.14. The van der Waals surface area contributed by atoms with Crippen LogP contribution in [0.5, 0.6) is 0 Å². The molecular weight excluding hydrogens is 269 g/mol. The molecule has 0 bridgehead atoms. The molecule has 4 nitrogen and oxygen atoms in total. The summed E-state index contributed by atoms with van der Waals surface area (Å²) in [5.74, 6) is -0.914. The number of nitrogens with two attached hydrogens (primary N) is 1. The van der Waals surface area contributed by atoms with E-state index in [9.17, 15) is 9.18 Å². The molecule has 1 amide bonds. The van der Waals surface area contributed by atoms with Crippen LogP contribution in [0.4, 0.5) is 15.8 Å². The Morgan fingerprint density at radius 2 is 1.90 bits per heavy atom. The van der Waals surface area contributed by atoms with Crippen LogP contribution < -0.4 is 11.1 Å². The van der Waals surface area contributed by atoms with Crippen molar-refractivity contribution in [3.05, 3.63) is 66.1 Å². The van der Waals surface area contributed by atoms with Crippen LogP contribution in [-0.2, 0) is 0 Å². The van der Waals surface area contributed by atoms with E-state index in [1.165, 1.54) is 18.2 Å². The Bertz CT molecular complexity index is 812. The van der Waals surface area contributed by atoms with E-state index in [1.54, 1.807) is 6.07 Å². The van der Waals surface area contributed by atoms with Gasteiger partial charge >= 0.3 is 0 Å². The van der Waals surface area contributed by atoms with Crippen molar-refractivity contribution in [3.63, 3.8) is 0 Å². The van der Waals surface area contributed by atoms with Gasteiger partial charge in [0.15, 0.2) is 0 Å². The van der Waals surface area contributed by atoms with E-state index in [0.29, 0.717) is 5.69 Å². The van der Waals surface area contributed by atoms with Crippen LogP contribution in [0.2, 0.25) is 0 Å². The molecule has 0 aliphatic rings. The van der Waals surface area contributed by atoms with Gasteiger partial charge in [0, 0.05) is 16.8 Å². The molecule has 3 aromatic rings. The number of halogens is 1. The first-order chi connectivity index (χ1) is 10.1. The summed E-state index contributed by atoms with van der Waals surface area (Å²) < 4.78 is 13.2. The predicted octanol–water partition coefficient (Wildman–Crippen LogP) is 3.21. The molecule has 3 rings (SSSR count). The number of rotatable bonds is 2. The van der Waals surface area contributed by atoms with Crippen LogP contribution in [0.1, 0.15) is 10.5 Å². The fourth-order valence-corrected chi connectivity index (χ4v) is 2.07. The van der Waals surface area contributed by atoms with Crippen LogP contribution in [-0.4, -0.2) is 10.9 Å². The van der Waals surface area contributed by atoms with Crippen LogP contribution >= 0.6 is 0 Å². The van der Waals surface area contributed by atoms with Gasteiger partial charge in [-0.25, -0.2) is 9.37 Å². The molecule has 0 unspecified atom stereocenters. The number of fused-ring (bicyclic) bond motifs is 1. The molecule has 0 aliphatic carbocycles. The molecule has 0 spiro atoms. The molecule has 0 atom stereocenters. The number of hydrogen-bond acceptors (Lipinski definition) is 3. The monoisotopic (exact) mass is 281 g/mol. The number of para-hydroxylation sites is 1. The number of nitrogens with one attached hydrogen (secondary N) is 1. The Balaban J connectivity index is 1.89. The quantitative estimate of drug-likeness (QED) is 0.709. The van der Waals surface area contributed by atoms with E-state index in [1.807, 2.05) is 30.3 Å². The van der Waals surface area contributed by atoms with E-state index < -0.39 is 11.7 Å². The average molecular weight is 281 g/mol. The zero-order valence-corrected chi connectivity index (χ0v) is 11.0. The SMILES string of the molecule is Nc1cc(F)cc(NC(=O)c2ccc3ccccc3n2)c1. The van der Waals surface area contributed by atoms with Crippen molar-refractivity contribution in [1.29, 1.82) is 0 Å². The standard InChI is InChI=1S/C16H12FN3O/c17-11-7-12(18)9-13(8-11)19-16(21)15-6-5-10-3-1-2-4-14(10)20-15/h1-9H,18H2,(H,19,21). The van der Waals surface area contributed by atoms with Gasteiger partial charge in [0.25, 0.3) is 5.91 Å². The van der Waals surface area contributed by atoms with Crippen molar-refractivity contribution in [2.45, 2.75) is 0 Å². The number of benzene rings is 2. The average Bonchev–Trinajstić information content (AvgIpc) is 2.45. The lowest BCUT2D eigenvalue weighted by Gasteiger charge is -2.06. The summed E-state index contributed by atoms with van der Waals surface area (Å²) in [5.41, 5.74) is 7.07. The fraction of sp³-hybridized carbons (Fsp3) is 0. The number of nitrogens with zero attached hydrogens (tertiary/aromatic N) is 1. The van der Waals surface area contributed by atoms with Gasteiger partial charge in [-0.2, -0.15) is 0 Å². The minimum absolute atomic E-state index is 0.247. The van der Waals surface area contributed by atoms with Crippen molar-refractivity contribution in [3.8, 4) is 0 Å². The number of amides is 1. The molecule has 21 heavy (non-hydrogen) atoms. The van der Waals surface area contributed by atoms with Crippen LogP contribution in [0.25, 0.3) is 10.9 Å². The molecular formula is C16H12FN3O. The minimum atomic E-state index is -0.503. The second kappa shape index (κ2) is 5.20. The van der Waals surface area contributed by atoms with E-state index in [-0.39, 0.29) is 11.4 Å². The zero-order chi connectivity index (χ0) is 14.8. The van der Waals surface area contributed by atoms with Gasteiger partial charge in [0.2, 0.25) is 0 Å². The highest BCUT2D eigenvalue weighted by Gasteiger charge is 2.09. The number of carbonyl (C=O) groups excluding carboxylic acids is 1. The minimum Gasteiger partial charge on any atom is -0.399 e. The number of nitrogen functional groups attached to an aromatic ring is 1. The summed E-state index contributed by atoms with van der Waals surface area (Å²) in [5, 5.41) is 3.53. The van der Waals surface area contributed by atoms with Crippen molar-refractivity contribution in [2.75, 3.05) is 11.1 Å². The van der Waals surface area contributed by atoms with Crippen LogP contribution in [0.15, 0.2) is 54.6 Å². The molecule has 1 heterocycles. The van der Waals surface area contributed by atoms with Gasteiger partial charge in [-0.05, 0) is 30.3 Å². The maximum absolute atomic E-state index is 13.2. The van der Waals surface area contributed by atoms with Crippen molar-refractivity contribution < 1.29 is 9.18 Å². The van der Waals surface area contributed by atoms with Crippen molar-refractivity contribution >= 4 is 28.2 Å². The van der Waals surface area contributed by atoms with Gasteiger partial charge in [-0.1, -0.05) is 24.3 Å². The van der Waals surface area contributed by atoms with Gasteiger partial charge in [-0.3, -0.25) is 4.79 Å². The second-order valence-corrected chi connectivity index (χ2v) is 4.62. The van der Waals surface area contributed by atoms with Gasteiger partial charge in [-0.15, -0.1) is 0 Å². The third-order valence-electron chi connectivity index (χ3n) is 3.01. The Morgan fingerprint density at radius 1 is 1.10 bits per heavy atom. The summed E-state index contributed by atoms with van der Waals surface area (Å²) in [6, 6.07) is 14.8. The third-order valence-corrected chi connectivity index (χ3v) is 3.01. The van der Waals surface area contributed by atoms with Crippen LogP contribution in [0, 0.1) is 5.82 Å². The summed E-state index contributed by atoms with van der Waals surface area (Å²) >= 11 is 0. The third kappa shape index (κ3) is 2.81. The molecule has 104 valence electrons. The molecule has 5 heteroatoms. The Kier molecular flexibility index (Phi) is 3.23. The molecule has 0 saturated heterocycles. The molecule has 0 aliphatic heterocycles. The lowest BCUT2D eigenvalue weighted by atomic mass is 10.2.